The summed E-state index contributed by atoms with van der Waals surface area (Å²) in [5, 5.41) is 11.2. The lowest BCUT2D eigenvalue weighted by Gasteiger charge is -2.19. The highest BCUT2D eigenvalue weighted by Crippen LogP contribution is 2.40. The number of pyridine rings is 3. The average Bonchev–Trinajstić information content (AvgIpc) is 3.40. The van der Waals surface area contributed by atoms with Gasteiger partial charge in [-0.1, -0.05) is 92.6 Å². The van der Waals surface area contributed by atoms with Crippen molar-refractivity contribution < 1.29 is 13.7 Å². The average molecular weight is 573 g/mol. The molecule has 3 nitrogen and oxygen atoms in total. The molecule has 3 aromatic heterocycles. The molecule has 0 bridgehead atoms. The molecule has 9 aromatic rings. The number of benzene rings is 6. The van der Waals surface area contributed by atoms with Gasteiger partial charge in [0.05, 0.1) is 16.2 Å². The third-order valence-corrected chi connectivity index (χ3v) is 10.3. The van der Waals surface area contributed by atoms with Crippen LogP contribution in [0, 0.1) is 0 Å². The van der Waals surface area contributed by atoms with Crippen LogP contribution in [0.25, 0.3) is 77.2 Å². The standard InChI is InChI=1S/C42H26N3/c1-7-27-16-17-28-8-2-10-30-19-22-33-13-5-25-44(40(33)37(28)30)42(43-24-4-12-32-21-18-29(9-1)36(27)39(32)43)35-15-3-11-31-20-23-34-14-6-26-45(42)41(34)38(31)35/h1-26H/q+3/b17-16-. The Balaban J connectivity index is 1.53. The second-order valence-corrected chi connectivity index (χ2v) is 12.4. The van der Waals surface area contributed by atoms with Crippen molar-refractivity contribution in [2.24, 2.45) is 0 Å². The van der Waals surface area contributed by atoms with Gasteiger partial charge in [-0.2, -0.15) is 0 Å². The van der Waals surface area contributed by atoms with E-state index < -0.39 is 5.79 Å². The molecule has 206 valence electrons. The van der Waals surface area contributed by atoms with Gasteiger partial charge in [0.2, 0.25) is 16.6 Å². The molecular weight excluding hydrogens is 546 g/mol. The summed E-state index contributed by atoms with van der Waals surface area (Å²) >= 11 is 0. The predicted molar refractivity (Wildman–Crippen MR) is 182 cm³/mol. The summed E-state index contributed by atoms with van der Waals surface area (Å²) in [7, 11) is 0. The van der Waals surface area contributed by atoms with Gasteiger partial charge in [0.25, 0.3) is 0 Å². The molecule has 0 fully saturated rings. The van der Waals surface area contributed by atoms with Crippen LogP contribution in [-0.4, -0.2) is 0 Å². The molecule has 5 heterocycles. The lowest BCUT2D eigenvalue weighted by atomic mass is 9.97. The van der Waals surface area contributed by atoms with Crippen LogP contribution < -0.4 is 13.7 Å². The first-order valence-corrected chi connectivity index (χ1v) is 15.6. The van der Waals surface area contributed by atoms with Crippen molar-refractivity contribution in [1.29, 1.82) is 0 Å². The van der Waals surface area contributed by atoms with Crippen molar-refractivity contribution in [3.8, 4) is 0 Å². The number of fused-ring (bicyclic) bond motifs is 4. The first-order valence-electron chi connectivity index (χ1n) is 15.6. The zero-order chi connectivity index (χ0) is 29.3. The second kappa shape index (κ2) is 8.16. The Morgan fingerprint density at radius 1 is 0.333 bits per heavy atom. The van der Waals surface area contributed by atoms with Crippen LogP contribution in [0.15, 0.2) is 146 Å². The number of hydrogen-bond acceptors (Lipinski definition) is 0. The maximum absolute atomic E-state index is 2.56. The number of hydrogen-bond donors (Lipinski definition) is 0. The quantitative estimate of drug-likeness (QED) is 0.129. The minimum Gasteiger partial charge on any atom is -0.0666 e. The van der Waals surface area contributed by atoms with Gasteiger partial charge < -0.3 is 0 Å². The molecule has 0 atom stereocenters. The van der Waals surface area contributed by atoms with E-state index >= 15 is 0 Å². The molecule has 0 radical (unpaired) electrons. The summed E-state index contributed by atoms with van der Waals surface area (Å²) in [6.07, 6.45) is 11.5. The normalized spacial score (nSPS) is 15.0. The molecule has 45 heavy (non-hydrogen) atoms. The van der Waals surface area contributed by atoms with Crippen LogP contribution in [0.5, 0.6) is 0 Å². The van der Waals surface area contributed by atoms with E-state index in [1.54, 1.807) is 0 Å². The fourth-order valence-electron chi connectivity index (χ4n) is 8.54. The lowest BCUT2D eigenvalue weighted by molar-refractivity contribution is -1.14. The van der Waals surface area contributed by atoms with Gasteiger partial charge in [-0.25, -0.2) is 0 Å². The van der Waals surface area contributed by atoms with Crippen molar-refractivity contribution in [2.45, 2.75) is 5.79 Å². The van der Waals surface area contributed by atoms with E-state index in [1.807, 2.05) is 0 Å². The molecule has 6 aromatic carbocycles. The van der Waals surface area contributed by atoms with E-state index in [2.05, 4.69) is 172 Å². The third-order valence-electron chi connectivity index (χ3n) is 10.3. The number of rotatable bonds is 0. The van der Waals surface area contributed by atoms with Gasteiger partial charge in [0.1, 0.15) is 0 Å². The topological polar surface area (TPSA) is 11.6 Å². The van der Waals surface area contributed by atoms with Crippen LogP contribution in [0.2, 0.25) is 0 Å². The van der Waals surface area contributed by atoms with E-state index in [0.717, 1.165) is 0 Å². The summed E-state index contributed by atoms with van der Waals surface area (Å²) in [5.74, 6) is -0.783. The zero-order valence-corrected chi connectivity index (χ0v) is 24.4. The van der Waals surface area contributed by atoms with Crippen molar-refractivity contribution in [3.63, 3.8) is 0 Å². The molecule has 2 aliphatic rings. The van der Waals surface area contributed by atoms with E-state index in [-0.39, 0.29) is 0 Å². The highest BCUT2D eigenvalue weighted by atomic mass is 15.4. The van der Waals surface area contributed by atoms with Crippen molar-refractivity contribution in [3.05, 3.63) is 163 Å². The fourth-order valence-corrected chi connectivity index (χ4v) is 8.54. The highest BCUT2D eigenvalue weighted by Gasteiger charge is 2.68. The minimum atomic E-state index is -0.783. The Morgan fingerprint density at radius 2 is 0.711 bits per heavy atom. The largest absolute Gasteiger partial charge is 0.590 e. The van der Waals surface area contributed by atoms with Gasteiger partial charge in [0.15, 0.2) is 24.2 Å². The van der Waals surface area contributed by atoms with Crippen molar-refractivity contribution in [2.75, 3.05) is 0 Å². The highest BCUT2D eigenvalue weighted by molar-refractivity contribution is 6.12. The minimum absolute atomic E-state index is 0.783. The molecule has 0 unspecified atom stereocenters. The Hall–Kier alpha value is -5.93. The van der Waals surface area contributed by atoms with E-state index in [1.165, 1.54) is 81.7 Å². The van der Waals surface area contributed by atoms with Crippen LogP contribution in [0.3, 0.4) is 0 Å². The zero-order valence-electron chi connectivity index (χ0n) is 24.4. The van der Waals surface area contributed by atoms with Gasteiger partial charge in [-0.05, 0) is 69.8 Å². The molecule has 0 saturated carbocycles. The predicted octanol–water partition coefficient (Wildman–Crippen LogP) is 8.02. The molecule has 3 heteroatoms. The monoisotopic (exact) mass is 572 g/mol. The van der Waals surface area contributed by atoms with Gasteiger partial charge >= 0.3 is 5.79 Å². The molecule has 0 saturated heterocycles. The third kappa shape index (κ3) is 2.76. The Kier molecular flexibility index (Phi) is 4.26. The maximum atomic E-state index is 2.56. The smallest absolute Gasteiger partial charge is 0.0666 e. The lowest BCUT2D eigenvalue weighted by Crippen LogP contribution is -2.86. The van der Waals surface area contributed by atoms with Crippen LogP contribution >= 0.6 is 0 Å². The van der Waals surface area contributed by atoms with Crippen LogP contribution in [0.1, 0.15) is 16.7 Å². The summed E-state index contributed by atoms with van der Waals surface area (Å²) in [5.41, 5.74) is 7.38. The summed E-state index contributed by atoms with van der Waals surface area (Å²) in [6, 6.07) is 47.3. The van der Waals surface area contributed by atoms with Crippen molar-refractivity contribution >= 4 is 77.2 Å². The molecule has 1 spiro atoms. The van der Waals surface area contributed by atoms with E-state index in [4.69, 9.17) is 0 Å². The molecule has 2 aliphatic heterocycles. The Labute approximate surface area is 258 Å². The maximum Gasteiger partial charge on any atom is 0.590 e. The van der Waals surface area contributed by atoms with Crippen LogP contribution in [-0.2, 0) is 5.79 Å². The fraction of sp³-hybridized carbons (Fsp3) is 0.0238. The Morgan fingerprint density at radius 3 is 1.20 bits per heavy atom. The first kappa shape index (κ1) is 23.5. The molecule has 0 aliphatic carbocycles. The van der Waals surface area contributed by atoms with Gasteiger partial charge in [-0.3, -0.25) is 0 Å². The van der Waals surface area contributed by atoms with Gasteiger partial charge in [0, 0.05) is 34.4 Å². The van der Waals surface area contributed by atoms with E-state index in [9.17, 15) is 0 Å². The molecule has 0 N–H and O–H groups in total. The van der Waals surface area contributed by atoms with Crippen LogP contribution in [0.4, 0.5) is 0 Å². The van der Waals surface area contributed by atoms with E-state index in [0.29, 0.717) is 0 Å². The second-order valence-electron chi connectivity index (χ2n) is 12.4. The number of nitrogens with zero attached hydrogens (tertiary/aromatic N) is 3. The SMILES string of the molecule is C1=C\c2cccc3ccc4ccc[n+](c4c23)C2(c3cccc4ccc5ccc[n+]2c5c34)[n+]2cccc3ccc4cccc/1c4c32. The summed E-state index contributed by atoms with van der Waals surface area (Å²) in [6.45, 7) is 0. The van der Waals surface area contributed by atoms with Crippen molar-refractivity contribution in [1.82, 2.24) is 0 Å². The Bertz CT molecular complexity index is 2630. The number of aromatic nitrogens is 3. The molecular formula is C42H26N3+3. The molecule has 11 rings (SSSR count). The first-order chi connectivity index (χ1) is 22.3. The van der Waals surface area contributed by atoms with Gasteiger partial charge in [-0.15, -0.1) is 0 Å². The summed E-state index contributed by atoms with van der Waals surface area (Å²) < 4.78 is 7.65. The summed E-state index contributed by atoms with van der Waals surface area (Å²) in [4.78, 5) is 0. The molecule has 0 amide bonds.